The molecule has 0 heterocycles. The number of rotatable bonds is 14. The first kappa shape index (κ1) is 24.7. The maximum absolute atomic E-state index is 12.5. The quantitative estimate of drug-likeness (QED) is 0.137. The van der Waals surface area contributed by atoms with E-state index in [-0.39, 0.29) is 37.2 Å². The molecule has 0 unspecified atom stereocenters. The van der Waals surface area contributed by atoms with E-state index in [1.54, 1.807) is 6.92 Å². The molecule has 0 saturated heterocycles. The molecule has 0 bridgehead atoms. The Bertz CT molecular complexity index is 474. The van der Waals surface area contributed by atoms with Gasteiger partial charge in [0.15, 0.2) is 6.29 Å². The molecule has 0 aliphatic carbocycles. The van der Waals surface area contributed by atoms with E-state index >= 15 is 0 Å². The van der Waals surface area contributed by atoms with E-state index < -0.39 is 14.4 Å². The first-order valence-electron chi connectivity index (χ1n) is 8.59. The highest BCUT2D eigenvalue weighted by atomic mass is 28.3. The Morgan fingerprint density at radius 2 is 1.73 bits per heavy atom. The molecule has 0 aliphatic rings. The molecule has 1 amide bonds. The normalized spacial score (nSPS) is 12.8. The van der Waals surface area contributed by atoms with E-state index in [0.717, 1.165) is 6.04 Å². The second-order valence-electron chi connectivity index (χ2n) is 7.06. The van der Waals surface area contributed by atoms with Crippen molar-refractivity contribution in [1.82, 2.24) is 10.6 Å². The Hall–Kier alpha value is -1.26. The van der Waals surface area contributed by atoms with Crippen LogP contribution in [0.3, 0.4) is 0 Å². The van der Waals surface area contributed by atoms with Crippen molar-refractivity contribution < 1.29 is 23.7 Å². The number of ether oxygens (including phenoxy) is 4. The summed E-state index contributed by atoms with van der Waals surface area (Å²) in [6.45, 7) is 9.69. The number of nitrogens with one attached hydrogen (secondary N) is 3. The molecule has 0 aromatic rings. The summed E-state index contributed by atoms with van der Waals surface area (Å²) in [5.74, 6) is -0.351. The SMILES string of the molecule is COCC(=N)/C(C)=C(\NCOCC[Si](C)(C)C)C(=O)NCC(OC)OC. The molecule has 0 aliphatic heterocycles. The number of hydrogen-bond acceptors (Lipinski definition) is 7. The second-order valence-corrected chi connectivity index (χ2v) is 12.7. The molecule has 0 fully saturated rings. The summed E-state index contributed by atoms with van der Waals surface area (Å²) in [4.78, 5) is 12.5. The van der Waals surface area contributed by atoms with E-state index in [0.29, 0.717) is 12.2 Å². The summed E-state index contributed by atoms with van der Waals surface area (Å²) in [5, 5.41) is 13.7. The van der Waals surface area contributed by atoms with Gasteiger partial charge in [0, 0.05) is 41.6 Å². The van der Waals surface area contributed by atoms with Gasteiger partial charge < -0.3 is 35.0 Å². The highest BCUT2D eigenvalue weighted by Gasteiger charge is 2.17. The lowest BCUT2D eigenvalue weighted by Gasteiger charge is -2.19. The average Bonchev–Trinajstić information content (AvgIpc) is 2.57. The van der Waals surface area contributed by atoms with Gasteiger partial charge in [0.2, 0.25) is 0 Å². The molecule has 0 spiro atoms. The van der Waals surface area contributed by atoms with Crippen LogP contribution in [0.5, 0.6) is 0 Å². The van der Waals surface area contributed by atoms with Crippen molar-refractivity contribution in [3.63, 3.8) is 0 Å². The minimum atomic E-state index is -1.16. The standard InChI is InChI=1S/C17H35N3O5Si/c1-13(14(18)11-22-2)16(17(21)19-10-15(23-3)24-4)20-12-25-8-9-26(5,6)7/h15,18,20H,8-12H2,1-7H3,(H,19,21)/b16-13-,18-14?. The van der Waals surface area contributed by atoms with Crippen molar-refractivity contribution in [2.75, 3.05) is 47.8 Å². The Balaban J connectivity index is 4.88. The molecular weight excluding hydrogens is 354 g/mol. The zero-order valence-electron chi connectivity index (χ0n) is 17.2. The molecule has 0 saturated carbocycles. The van der Waals surface area contributed by atoms with Gasteiger partial charge in [-0.1, -0.05) is 19.6 Å². The van der Waals surface area contributed by atoms with Crippen LogP contribution < -0.4 is 10.6 Å². The number of amides is 1. The molecule has 9 heteroatoms. The van der Waals surface area contributed by atoms with Gasteiger partial charge in [-0.05, 0) is 13.0 Å². The van der Waals surface area contributed by atoms with Gasteiger partial charge in [-0.2, -0.15) is 0 Å². The predicted molar refractivity (Wildman–Crippen MR) is 105 cm³/mol. The van der Waals surface area contributed by atoms with E-state index in [1.807, 2.05) is 0 Å². The van der Waals surface area contributed by atoms with Crippen LogP contribution >= 0.6 is 0 Å². The number of carbonyl (C=O) groups is 1. The highest BCUT2D eigenvalue weighted by Crippen LogP contribution is 2.08. The maximum atomic E-state index is 12.5. The van der Waals surface area contributed by atoms with Crippen molar-refractivity contribution in [2.24, 2.45) is 0 Å². The van der Waals surface area contributed by atoms with E-state index in [2.05, 4.69) is 30.3 Å². The second kappa shape index (κ2) is 13.0. The lowest BCUT2D eigenvalue weighted by Crippen LogP contribution is -2.39. The van der Waals surface area contributed by atoms with Crippen molar-refractivity contribution in [3.05, 3.63) is 11.3 Å². The monoisotopic (exact) mass is 389 g/mol. The Labute approximate surface area is 158 Å². The number of methoxy groups -OCH3 is 3. The third-order valence-electron chi connectivity index (χ3n) is 3.65. The van der Waals surface area contributed by atoms with Crippen LogP contribution in [-0.2, 0) is 23.7 Å². The summed E-state index contributed by atoms with van der Waals surface area (Å²) < 4.78 is 20.7. The first-order valence-corrected chi connectivity index (χ1v) is 12.3. The Morgan fingerprint density at radius 1 is 1.12 bits per heavy atom. The van der Waals surface area contributed by atoms with Crippen LogP contribution in [0.15, 0.2) is 11.3 Å². The number of carbonyl (C=O) groups excluding carboxylic acids is 1. The fourth-order valence-corrected chi connectivity index (χ4v) is 2.64. The van der Waals surface area contributed by atoms with Crippen LogP contribution in [0, 0.1) is 5.41 Å². The summed E-state index contributed by atoms with van der Waals surface area (Å²) in [6, 6.07) is 1.04. The fourth-order valence-electron chi connectivity index (χ4n) is 1.89. The Kier molecular flexibility index (Phi) is 12.4. The van der Waals surface area contributed by atoms with Crippen LogP contribution in [0.2, 0.25) is 25.7 Å². The van der Waals surface area contributed by atoms with E-state index in [9.17, 15) is 4.79 Å². The average molecular weight is 390 g/mol. The van der Waals surface area contributed by atoms with Gasteiger partial charge in [0.05, 0.1) is 18.9 Å². The summed E-state index contributed by atoms with van der Waals surface area (Å²) in [5.41, 5.74) is 1.01. The van der Waals surface area contributed by atoms with Gasteiger partial charge in [-0.25, -0.2) is 0 Å². The van der Waals surface area contributed by atoms with Crippen molar-refractivity contribution in [1.29, 1.82) is 5.41 Å². The van der Waals surface area contributed by atoms with Crippen molar-refractivity contribution >= 4 is 19.7 Å². The smallest absolute Gasteiger partial charge is 0.267 e. The first-order chi connectivity index (χ1) is 12.2. The molecule has 8 nitrogen and oxygen atoms in total. The summed E-state index contributed by atoms with van der Waals surface area (Å²) in [7, 11) is 3.35. The summed E-state index contributed by atoms with van der Waals surface area (Å²) in [6.07, 6.45) is -0.535. The topological polar surface area (TPSA) is 102 Å². The zero-order valence-corrected chi connectivity index (χ0v) is 18.2. The molecule has 3 N–H and O–H groups in total. The van der Waals surface area contributed by atoms with Gasteiger partial charge in [0.25, 0.3) is 5.91 Å². The molecule has 0 aromatic carbocycles. The molecule has 0 aromatic heterocycles. The van der Waals surface area contributed by atoms with Crippen molar-refractivity contribution in [3.8, 4) is 0 Å². The largest absolute Gasteiger partial charge is 0.378 e. The van der Waals surface area contributed by atoms with Gasteiger partial charge in [0.1, 0.15) is 12.4 Å². The zero-order chi connectivity index (χ0) is 20.2. The van der Waals surface area contributed by atoms with E-state index in [4.69, 9.17) is 24.4 Å². The van der Waals surface area contributed by atoms with Gasteiger partial charge >= 0.3 is 0 Å². The minimum Gasteiger partial charge on any atom is -0.378 e. The molecule has 0 rings (SSSR count). The third kappa shape index (κ3) is 10.7. The van der Waals surface area contributed by atoms with Crippen LogP contribution in [-0.4, -0.2) is 73.8 Å². The van der Waals surface area contributed by atoms with Crippen molar-refractivity contribution in [2.45, 2.75) is 38.9 Å². The van der Waals surface area contributed by atoms with Crippen LogP contribution in [0.1, 0.15) is 6.92 Å². The lowest BCUT2D eigenvalue weighted by molar-refractivity contribution is -0.124. The van der Waals surface area contributed by atoms with Gasteiger partial charge in [-0.3, -0.25) is 4.79 Å². The minimum absolute atomic E-state index is 0.125. The molecule has 0 radical (unpaired) electrons. The maximum Gasteiger partial charge on any atom is 0.267 e. The van der Waals surface area contributed by atoms with E-state index in [1.165, 1.54) is 21.3 Å². The summed E-state index contributed by atoms with van der Waals surface area (Å²) >= 11 is 0. The molecule has 0 atom stereocenters. The van der Waals surface area contributed by atoms with Gasteiger partial charge in [-0.15, -0.1) is 0 Å². The molecule has 26 heavy (non-hydrogen) atoms. The lowest BCUT2D eigenvalue weighted by atomic mass is 10.1. The molecule has 152 valence electrons. The Morgan fingerprint density at radius 3 is 2.23 bits per heavy atom. The highest BCUT2D eigenvalue weighted by molar-refractivity contribution is 6.76. The fraction of sp³-hybridized carbons (Fsp3) is 0.765. The molecular formula is C17H35N3O5Si. The predicted octanol–water partition coefficient (Wildman–Crippen LogP) is 1.56. The third-order valence-corrected chi connectivity index (χ3v) is 5.35. The number of hydrogen-bond donors (Lipinski definition) is 3. The van der Waals surface area contributed by atoms with Crippen LogP contribution in [0.4, 0.5) is 0 Å². The van der Waals surface area contributed by atoms with Crippen LogP contribution in [0.25, 0.3) is 0 Å².